The van der Waals surface area contributed by atoms with Crippen LogP contribution in [0.2, 0.25) is 0 Å². The first-order chi connectivity index (χ1) is 16.1. The second-order valence-corrected chi connectivity index (χ2v) is 8.60. The zero-order valence-corrected chi connectivity index (χ0v) is 18.4. The third-order valence-electron chi connectivity index (χ3n) is 5.15. The summed E-state index contributed by atoms with van der Waals surface area (Å²) in [6, 6.07) is 26.3. The maximum atomic E-state index is 13.4. The van der Waals surface area contributed by atoms with Crippen molar-refractivity contribution in [3.63, 3.8) is 0 Å². The molecule has 33 heavy (non-hydrogen) atoms. The van der Waals surface area contributed by atoms with Crippen molar-refractivity contribution in [3.8, 4) is 6.07 Å². The number of amides is 2. The van der Waals surface area contributed by atoms with Crippen LogP contribution < -0.4 is 10.2 Å². The van der Waals surface area contributed by atoms with E-state index in [9.17, 15) is 19.2 Å². The molecule has 1 saturated heterocycles. The number of benzene rings is 3. The molecule has 0 bridgehead atoms. The fourth-order valence-electron chi connectivity index (χ4n) is 3.50. The highest BCUT2D eigenvalue weighted by Gasteiger charge is 2.40. The topological polar surface area (TPSA) is 73.2 Å². The fraction of sp³-hybridized carbons (Fsp3) is 0.115. The summed E-state index contributed by atoms with van der Waals surface area (Å²) < 4.78 is 13.3. The lowest BCUT2D eigenvalue weighted by atomic mass is 10.1. The molecule has 4 rings (SSSR count). The van der Waals surface area contributed by atoms with Crippen molar-refractivity contribution in [2.75, 3.05) is 4.90 Å². The summed E-state index contributed by atoms with van der Waals surface area (Å²) >= 11 is 1.18. The van der Waals surface area contributed by atoms with Crippen LogP contribution in [0.25, 0.3) is 0 Å². The average molecular weight is 458 g/mol. The van der Waals surface area contributed by atoms with E-state index in [0.717, 1.165) is 11.1 Å². The van der Waals surface area contributed by atoms with E-state index in [0.29, 0.717) is 17.1 Å². The van der Waals surface area contributed by atoms with Crippen molar-refractivity contribution < 1.29 is 14.0 Å². The third-order valence-corrected chi connectivity index (χ3v) is 6.41. The van der Waals surface area contributed by atoms with Crippen molar-refractivity contribution >= 4 is 29.3 Å². The molecule has 0 unspecified atom stereocenters. The monoisotopic (exact) mass is 457 g/mol. The average Bonchev–Trinajstić information content (AvgIpc) is 3.16. The molecule has 3 aromatic rings. The number of hydrogen-bond acceptors (Lipinski definition) is 4. The molecule has 0 aromatic heterocycles. The van der Waals surface area contributed by atoms with Crippen molar-refractivity contribution in [2.24, 2.45) is 0 Å². The highest BCUT2D eigenvalue weighted by molar-refractivity contribution is 8.05. The minimum atomic E-state index is -0.545. The van der Waals surface area contributed by atoms with Gasteiger partial charge in [0, 0.05) is 12.2 Å². The van der Waals surface area contributed by atoms with Gasteiger partial charge in [0.2, 0.25) is 5.91 Å². The fourth-order valence-corrected chi connectivity index (χ4v) is 4.81. The summed E-state index contributed by atoms with van der Waals surface area (Å²) in [4.78, 5) is 27.7. The molecular weight excluding hydrogens is 437 g/mol. The van der Waals surface area contributed by atoms with E-state index in [4.69, 9.17) is 0 Å². The lowest BCUT2D eigenvalue weighted by Gasteiger charge is -2.18. The van der Waals surface area contributed by atoms with E-state index in [1.807, 2.05) is 42.5 Å². The third kappa shape index (κ3) is 5.13. The minimum Gasteiger partial charge on any atom is -0.347 e. The second kappa shape index (κ2) is 10.2. The number of carbonyl (C=O) groups is 2. The Morgan fingerprint density at radius 1 is 0.970 bits per heavy atom. The molecule has 1 aliphatic rings. The predicted molar refractivity (Wildman–Crippen MR) is 126 cm³/mol. The van der Waals surface area contributed by atoms with E-state index in [1.165, 1.54) is 28.8 Å². The normalized spacial score (nSPS) is 16.9. The number of rotatable bonds is 6. The second-order valence-electron chi connectivity index (χ2n) is 7.41. The first-order valence-corrected chi connectivity index (χ1v) is 11.2. The summed E-state index contributed by atoms with van der Waals surface area (Å²) in [6.07, 6.45) is 0.348. The Balaban J connectivity index is 1.65. The van der Waals surface area contributed by atoms with Crippen molar-refractivity contribution in [1.82, 2.24) is 5.32 Å². The van der Waals surface area contributed by atoms with Crippen LogP contribution in [0.5, 0.6) is 0 Å². The molecule has 1 N–H and O–H groups in total. The number of thioether (sulfide) groups is 1. The van der Waals surface area contributed by atoms with E-state index < -0.39 is 11.2 Å². The largest absolute Gasteiger partial charge is 0.347 e. The lowest BCUT2D eigenvalue weighted by Crippen LogP contribution is -2.32. The molecule has 0 saturated carbocycles. The summed E-state index contributed by atoms with van der Waals surface area (Å²) in [6.45, 7) is 0.265. The Hall–Kier alpha value is -3.89. The first kappa shape index (κ1) is 22.3. The number of anilines is 1. The highest BCUT2D eigenvalue weighted by Crippen LogP contribution is 2.41. The Labute approximate surface area is 195 Å². The molecule has 164 valence electrons. The molecule has 1 heterocycles. The van der Waals surface area contributed by atoms with Gasteiger partial charge in [0.15, 0.2) is 0 Å². The standard InChI is InChI=1S/C26H20FN3O2S/c27-20-13-11-18(12-14-20)15-23-25(32)30(21-9-5-2-6-10-21)26(33-23)22(16-28)24(31)29-17-19-7-3-1-4-8-19/h1-14,23H,15,17H2,(H,29,31)/b26-22-/t23-/m1/s1. The van der Waals surface area contributed by atoms with Gasteiger partial charge in [0.05, 0.1) is 5.25 Å². The summed E-state index contributed by atoms with van der Waals surface area (Å²) in [5.41, 5.74) is 2.16. The zero-order chi connectivity index (χ0) is 23.2. The molecule has 1 fully saturated rings. The Morgan fingerprint density at radius 3 is 2.24 bits per heavy atom. The van der Waals surface area contributed by atoms with Gasteiger partial charge in [-0.15, -0.1) is 0 Å². The number of hydrogen-bond donors (Lipinski definition) is 1. The van der Waals surface area contributed by atoms with Gasteiger partial charge < -0.3 is 5.32 Å². The van der Waals surface area contributed by atoms with Gasteiger partial charge >= 0.3 is 0 Å². The molecule has 7 heteroatoms. The predicted octanol–water partition coefficient (Wildman–Crippen LogP) is 4.57. The molecule has 0 radical (unpaired) electrons. The van der Waals surface area contributed by atoms with Gasteiger partial charge in [-0.1, -0.05) is 72.4 Å². The Bertz CT molecular complexity index is 1220. The van der Waals surface area contributed by atoms with Crippen LogP contribution in [0, 0.1) is 17.1 Å². The zero-order valence-electron chi connectivity index (χ0n) is 17.6. The van der Waals surface area contributed by atoms with Crippen LogP contribution in [0.15, 0.2) is 95.5 Å². The van der Waals surface area contributed by atoms with Gasteiger partial charge in [-0.05, 0) is 41.8 Å². The van der Waals surface area contributed by atoms with Gasteiger partial charge in [-0.3, -0.25) is 14.5 Å². The first-order valence-electron chi connectivity index (χ1n) is 10.3. The van der Waals surface area contributed by atoms with Crippen LogP contribution >= 0.6 is 11.8 Å². The number of para-hydroxylation sites is 1. The van der Waals surface area contributed by atoms with Crippen molar-refractivity contribution in [1.29, 1.82) is 5.26 Å². The quantitative estimate of drug-likeness (QED) is 0.435. The van der Waals surface area contributed by atoms with Gasteiger partial charge in [0.25, 0.3) is 5.91 Å². The van der Waals surface area contributed by atoms with E-state index >= 15 is 0 Å². The molecule has 1 aliphatic heterocycles. The molecular formula is C26H20FN3O2S. The van der Waals surface area contributed by atoms with Crippen LogP contribution in [0.1, 0.15) is 11.1 Å². The van der Waals surface area contributed by atoms with Crippen molar-refractivity contribution in [3.05, 3.63) is 112 Å². The SMILES string of the molecule is N#C/C(C(=O)NCc1ccccc1)=C1/S[C@H](Cc2ccc(F)cc2)C(=O)N1c1ccccc1. The van der Waals surface area contributed by atoms with E-state index in [-0.39, 0.29) is 23.8 Å². The highest BCUT2D eigenvalue weighted by atomic mass is 32.2. The number of nitrogens with one attached hydrogen (secondary N) is 1. The summed E-state index contributed by atoms with van der Waals surface area (Å²) in [5, 5.41) is 12.4. The van der Waals surface area contributed by atoms with Gasteiger partial charge in [0.1, 0.15) is 22.5 Å². The van der Waals surface area contributed by atoms with Crippen LogP contribution in [-0.4, -0.2) is 17.1 Å². The summed E-state index contributed by atoms with van der Waals surface area (Å²) in [5.74, 6) is -1.12. The summed E-state index contributed by atoms with van der Waals surface area (Å²) in [7, 11) is 0. The van der Waals surface area contributed by atoms with Crippen LogP contribution in [0.3, 0.4) is 0 Å². The van der Waals surface area contributed by atoms with Gasteiger partial charge in [-0.25, -0.2) is 4.39 Å². The Morgan fingerprint density at radius 2 is 1.61 bits per heavy atom. The number of nitriles is 1. The van der Waals surface area contributed by atoms with Crippen molar-refractivity contribution in [2.45, 2.75) is 18.2 Å². The van der Waals surface area contributed by atoms with Crippen LogP contribution in [-0.2, 0) is 22.6 Å². The maximum Gasteiger partial charge on any atom is 0.264 e. The van der Waals surface area contributed by atoms with E-state index in [2.05, 4.69) is 5.32 Å². The molecule has 5 nitrogen and oxygen atoms in total. The van der Waals surface area contributed by atoms with Crippen LogP contribution in [0.4, 0.5) is 10.1 Å². The molecule has 0 aliphatic carbocycles. The minimum absolute atomic E-state index is 0.116. The molecule has 1 atom stereocenters. The smallest absolute Gasteiger partial charge is 0.264 e. The van der Waals surface area contributed by atoms with Gasteiger partial charge in [-0.2, -0.15) is 5.26 Å². The number of halogens is 1. The van der Waals surface area contributed by atoms with E-state index in [1.54, 1.807) is 36.4 Å². The number of nitrogens with zero attached hydrogens (tertiary/aromatic N) is 2. The molecule has 3 aromatic carbocycles. The lowest BCUT2D eigenvalue weighted by molar-refractivity contribution is -0.117. The Kier molecular flexibility index (Phi) is 6.86. The molecule has 0 spiro atoms. The number of carbonyl (C=O) groups excluding carboxylic acids is 2. The molecule has 2 amide bonds. The maximum absolute atomic E-state index is 13.4.